The van der Waals surface area contributed by atoms with Crippen molar-refractivity contribution in [3.05, 3.63) is 38.8 Å². The number of phenols is 1. The molecular formula is C10H6N2O5S. The number of benzene rings is 1. The van der Waals surface area contributed by atoms with Gasteiger partial charge in [-0.05, 0) is 23.9 Å². The highest BCUT2D eigenvalue weighted by atomic mass is 32.2. The van der Waals surface area contributed by atoms with Crippen LogP contribution < -0.4 is 5.32 Å². The molecule has 1 heterocycles. The highest BCUT2D eigenvalue weighted by Gasteiger charge is 2.25. The van der Waals surface area contributed by atoms with Crippen molar-refractivity contribution >= 4 is 34.7 Å². The van der Waals surface area contributed by atoms with Crippen molar-refractivity contribution in [2.45, 2.75) is 0 Å². The van der Waals surface area contributed by atoms with Gasteiger partial charge in [0, 0.05) is 17.7 Å². The summed E-state index contributed by atoms with van der Waals surface area (Å²) in [4.78, 5) is 32.3. The number of non-ortho nitro benzene ring substituents is 1. The van der Waals surface area contributed by atoms with E-state index in [-0.39, 0.29) is 21.9 Å². The lowest BCUT2D eigenvalue weighted by molar-refractivity contribution is -0.384. The monoisotopic (exact) mass is 266 g/mol. The van der Waals surface area contributed by atoms with E-state index in [1.165, 1.54) is 6.08 Å². The molecule has 2 amide bonds. The Kier molecular flexibility index (Phi) is 3.02. The lowest BCUT2D eigenvalue weighted by atomic mass is 10.1. The average molecular weight is 266 g/mol. The maximum Gasteiger partial charge on any atom is 0.290 e. The Bertz CT molecular complexity index is 596. The number of thioether (sulfide) groups is 1. The summed E-state index contributed by atoms with van der Waals surface area (Å²) in [5.41, 5.74) is -0.106. The lowest BCUT2D eigenvalue weighted by Crippen LogP contribution is -2.17. The summed E-state index contributed by atoms with van der Waals surface area (Å²) < 4.78 is 0. The van der Waals surface area contributed by atoms with Crippen LogP contribution in [0.4, 0.5) is 10.5 Å². The molecule has 1 aliphatic rings. The standard InChI is InChI=1S/C10H6N2O5S/c13-7-2-1-6(12(16)17)3-5(7)4-8-9(14)11-10(15)18-8/h1-4,13H,(H,11,14,15)/b8-4-. The molecule has 0 atom stereocenters. The molecule has 0 saturated carbocycles. The number of nitrogens with one attached hydrogen (secondary N) is 1. The van der Waals surface area contributed by atoms with E-state index in [9.17, 15) is 24.8 Å². The first-order chi connectivity index (χ1) is 8.47. The normalized spacial score (nSPS) is 17.0. The Morgan fingerprint density at radius 3 is 2.67 bits per heavy atom. The van der Waals surface area contributed by atoms with Gasteiger partial charge in [-0.2, -0.15) is 0 Å². The molecule has 92 valence electrons. The van der Waals surface area contributed by atoms with Gasteiger partial charge in [0.15, 0.2) is 0 Å². The summed E-state index contributed by atoms with van der Waals surface area (Å²) in [6.45, 7) is 0. The number of rotatable bonds is 2. The molecule has 0 radical (unpaired) electrons. The first-order valence-corrected chi connectivity index (χ1v) is 5.51. The second-order valence-electron chi connectivity index (χ2n) is 3.35. The molecule has 0 aromatic heterocycles. The number of nitro groups is 1. The van der Waals surface area contributed by atoms with Crippen LogP contribution in [0.2, 0.25) is 0 Å². The summed E-state index contributed by atoms with van der Waals surface area (Å²) in [7, 11) is 0. The second-order valence-corrected chi connectivity index (χ2v) is 4.37. The number of amides is 2. The van der Waals surface area contributed by atoms with Crippen molar-refractivity contribution in [1.29, 1.82) is 0 Å². The van der Waals surface area contributed by atoms with Crippen molar-refractivity contribution in [3.8, 4) is 5.75 Å². The fourth-order valence-corrected chi connectivity index (χ4v) is 2.01. The molecule has 1 saturated heterocycles. The summed E-state index contributed by atoms with van der Waals surface area (Å²) in [6, 6.07) is 3.42. The summed E-state index contributed by atoms with van der Waals surface area (Å²) in [6.07, 6.45) is 1.23. The van der Waals surface area contributed by atoms with E-state index < -0.39 is 16.1 Å². The second kappa shape index (κ2) is 4.49. The fraction of sp³-hybridized carbons (Fsp3) is 0. The summed E-state index contributed by atoms with van der Waals surface area (Å²) in [5.74, 6) is -0.795. The van der Waals surface area contributed by atoms with Crippen LogP contribution in [0, 0.1) is 10.1 Å². The van der Waals surface area contributed by atoms with Gasteiger partial charge in [-0.25, -0.2) is 0 Å². The smallest absolute Gasteiger partial charge is 0.290 e. The van der Waals surface area contributed by atoms with Crippen LogP contribution in [0.3, 0.4) is 0 Å². The molecule has 0 aliphatic carbocycles. The molecule has 1 aliphatic heterocycles. The van der Waals surface area contributed by atoms with Crippen molar-refractivity contribution in [2.24, 2.45) is 0 Å². The van der Waals surface area contributed by atoms with E-state index in [0.29, 0.717) is 11.8 Å². The van der Waals surface area contributed by atoms with E-state index in [4.69, 9.17) is 0 Å². The summed E-state index contributed by atoms with van der Waals surface area (Å²) >= 11 is 0.672. The maximum absolute atomic E-state index is 11.3. The number of phenolic OH excluding ortho intramolecular Hbond substituents is 1. The van der Waals surface area contributed by atoms with Crippen molar-refractivity contribution < 1.29 is 19.6 Å². The zero-order valence-electron chi connectivity index (χ0n) is 8.75. The largest absolute Gasteiger partial charge is 0.507 e. The van der Waals surface area contributed by atoms with E-state index in [1.807, 2.05) is 5.32 Å². The third-order valence-electron chi connectivity index (χ3n) is 2.15. The van der Waals surface area contributed by atoms with Gasteiger partial charge in [-0.1, -0.05) is 0 Å². The van der Waals surface area contributed by atoms with Crippen molar-refractivity contribution in [2.75, 3.05) is 0 Å². The Morgan fingerprint density at radius 2 is 2.11 bits per heavy atom. The Balaban J connectivity index is 2.42. The van der Waals surface area contributed by atoms with Gasteiger partial charge in [0.05, 0.1) is 9.83 Å². The molecule has 7 nitrogen and oxygen atoms in total. The van der Waals surface area contributed by atoms with Gasteiger partial charge in [0.2, 0.25) is 0 Å². The predicted octanol–water partition coefficient (Wildman–Crippen LogP) is 1.62. The Labute approximate surface area is 105 Å². The number of nitro benzene ring substituents is 1. The van der Waals surface area contributed by atoms with Crippen molar-refractivity contribution in [3.63, 3.8) is 0 Å². The lowest BCUT2D eigenvalue weighted by Gasteiger charge is -1.99. The van der Waals surface area contributed by atoms with Gasteiger partial charge < -0.3 is 5.11 Å². The first kappa shape index (κ1) is 12.1. The average Bonchev–Trinajstić information content (AvgIpc) is 2.60. The minimum Gasteiger partial charge on any atom is -0.507 e. The van der Waals surface area contributed by atoms with Crippen LogP contribution in [0.1, 0.15) is 5.56 Å². The molecule has 18 heavy (non-hydrogen) atoms. The fourth-order valence-electron chi connectivity index (χ4n) is 1.33. The zero-order chi connectivity index (χ0) is 13.3. The van der Waals surface area contributed by atoms with Gasteiger partial charge in [0.25, 0.3) is 16.8 Å². The molecule has 8 heteroatoms. The minimum absolute atomic E-state index is 0.0794. The predicted molar refractivity (Wildman–Crippen MR) is 63.9 cm³/mol. The molecule has 0 spiro atoms. The Hall–Kier alpha value is -2.35. The number of carbonyl (C=O) groups excluding carboxylic acids is 2. The molecule has 2 rings (SSSR count). The SMILES string of the molecule is O=C1NC(=O)/C(=C/c2cc([N+](=O)[O-])ccc2O)S1. The highest BCUT2D eigenvalue weighted by Crippen LogP contribution is 2.30. The first-order valence-electron chi connectivity index (χ1n) is 4.69. The molecule has 2 N–H and O–H groups in total. The van der Waals surface area contributed by atoms with E-state index in [0.717, 1.165) is 18.2 Å². The van der Waals surface area contributed by atoms with Crippen LogP contribution in [0.5, 0.6) is 5.75 Å². The van der Waals surface area contributed by atoms with Crippen LogP contribution in [0.15, 0.2) is 23.1 Å². The molecule has 1 fully saturated rings. The van der Waals surface area contributed by atoms with E-state index >= 15 is 0 Å². The van der Waals surface area contributed by atoms with Crippen LogP contribution in [-0.4, -0.2) is 21.2 Å². The number of imide groups is 1. The van der Waals surface area contributed by atoms with Crippen LogP contribution >= 0.6 is 11.8 Å². The zero-order valence-corrected chi connectivity index (χ0v) is 9.56. The number of nitrogens with zero attached hydrogens (tertiary/aromatic N) is 1. The van der Waals surface area contributed by atoms with Gasteiger partial charge in [-0.3, -0.25) is 25.0 Å². The van der Waals surface area contributed by atoms with E-state index in [1.54, 1.807) is 0 Å². The molecular weight excluding hydrogens is 260 g/mol. The minimum atomic E-state index is -0.617. The number of hydrogen-bond acceptors (Lipinski definition) is 6. The molecule has 1 aromatic rings. The van der Waals surface area contributed by atoms with Crippen LogP contribution in [0.25, 0.3) is 6.08 Å². The molecule has 1 aromatic carbocycles. The third kappa shape index (κ3) is 2.33. The number of hydrogen-bond donors (Lipinski definition) is 2. The highest BCUT2D eigenvalue weighted by molar-refractivity contribution is 8.18. The van der Waals surface area contributed by atoms with Gasteiger partial charge in [-0.15, -0.1) is 0 Å². The Morgan fingerprint density at radius 1 is 1.39 bits per heavy atom. The topological polar surface area (TPSA) is 110 Å². The molecule has 0 unspecified atom stereocenters. The quantitative estimate of drug-likeness (QED) is 0.478. The number of carbonyl (C=O) groups is 2. The number of aromatic hydroxyl groups is 1. The maximum atomic E-state index is 11.3. The van der Waals surface area contributed by atoms with Gasteiger partial charge in [0.1, 0.15) is 5.75 Å². The summed E-state index contributed by atoms with van der Waals surface area (Å²) in [5, 5.41) is 21.6. The van der Waals surface area contributed by atoms with E-state index in [2.05, 4.69) is 0 Å². The van der Waals surface area contributed by atoms with Crippen molar-refractivity contribution in [1.82, 2.24) is 5.32 Å². The van der Waals surface area contributed by atoms with Gasteiger partial charge >= 0.3 is 0 Å². The third-order valence-corrected chi connectivity index (χ3v) is 2.96. The van der Waals surface area contributed by atoms with Crippen LogP contribution in [-0.2, 0) is 4.79 Å². The molecule has 0 bridgehead atoms.